The highest BCUT2D eigenvalue weighted by atomic mass is 16.6. The van der Waals surface area contributed by atoms with Crippen molar-refractivity contribution in [3.63, 3.8) is 0 Å². The molecule has 4 atom stereocenters. The first-order valence-corrected chi connectivity index (χ1v) is 13.3. The molecule has 0 aliphatic carbocycles. The molecule has 2 aromatic rings. The van der Waals surface area contributed by atoms with Gasteiger partial charge in [-0.25, -0.2) is 9.59 Å². The molecule has 10 heteroatoms. The topological polar surface area (TPSA) is 136 Å². The smallest absolute Gasteiger partial charge is 0.407 e. The fraction of sp³-hybridized carbons (Fsp3) is 0.533. The monoisotopic (exact) mass is 560 g/mol. The van der Waals surface area contributed by atoms with E-state index in [0.29, 0.717) is 0 Å². The first-order valence-electron chi connectivity index (χ1n) is 13.3. The van der Waals surface area contributed by atoms with Gasteiger partial charge in [-0.15, -0.1) is 0 Å². The van der Waals surface area contributed by atoms with Crippen LogP contribution in [-0.2, 0) is 32.2 Å². The standard InChI is InChI=1S/C30H44N2O8/c1-29(2,3)39-27(35)31-17-23(37-19-21-13-9-7-10-14-21)25(33)26(34)24(18-32-28(36)40-30(4,5)6)38-20-22-15-11-8-12-16-22/h7-16,23-26,33-34H,17-20H2,1-6H3,(H,31,35)(H,32,36)/t23-,24-,25-,26+/m1/s1. The lowest BCUT2D eigenvalue weighted by Crippen LogP contribution is -2.53. The maximum atomic E-state index is 12.3. The maximum absolute atomic E-state index is 12.3. The number of hydrogen-bond acceptors (Lipinski definition) is 8. The summed E-state index contributed by atoms with van der Waals surface area (Å²) in [6, 6.07) is 18.6. The van der Waals surface area contributed by atoms with Crippen molar-refractivity contribution in [2.45, 2.75) is 90.4 Å². The molecular formula is C30H44N2O8. The van der Waals surface area contributed by atoms with Crippen molar-refractivity contribution in [3.05, 3.63) is 71.8 Å². The molecular weight excluding hydrogens is 516 g/mol. The molecule has 0 fully saturated rings. The van der Waals surface area contributed by atoms with E-state index in [9.17, 15) is 19.8 Å². The summed E-state index contributed by atoms with van der Waals surface area (Å²) in [7, 11) is 0. The van der Waals surface area contributed by atoms with Crippen LogP contribution in [0.25, 0.3) is 0 Å². The number of amides is 2. The van der Waals surface area contributed by atoms with Crippen molar-refractivity contribution in [2.75, 3.05) is 13.1 Å². The van der Waals surface area contributed by atoms with Gasteiger partial charge in [0.15, 0.2) is 0 Å². The van der Waals surface area contributed by atoms with Gasteiger partial charge in [-0.05, 0) is 52.7 Å². The lowest BCUT2D eigenvalue weighted by Gasteiger charge is -2.32. The zero-order valence-corrected chi connectivity index (χ0v) is 24.3. The Morgan fingerprint density at radius 3 is 1.27 bits per heavy atom. The second kappa shape index (κ2) is 15.6. The summed E-state index contributed by atoms with van der Waals surface area (Å²) in [5, 5.41) is 27.7. The second-order valence-electron chi connectivity index (χ2n) is 11.4. The minimum atomic E-state index is -1.50. The summed E-state index contributed by atoms with van der Waals surface area (Å²) in [6.45, 7) is 10.4. The Balaban J connectivity index is 2.17. The van der Waals surface area contributed by atoms with E-state index in [1.54, 1.807) is 41.5 Å². The van der Waals surface area contributed by atoms with Gasteiger partial charge >= 0.3 is 12.2 Å². The van der Waals surface area contributed by atoms with Crippen LogP contribution in [0.2, 0.25) is 0 Å². The number of carbonyl (C=O) groups excluding carboxylic acids is 2. The zero-order valence-electron chi connectivity index (χ0n) is 24.3. The van der Waals surface area contributed by atoms with Crippen LogP contribution in [-0.4, -0.2) is 71.1 Å². The molecule has 0 aliphatic rings. The molecule has 2 amide bonds. The van der Waals surface area contributed by atoms with E-state index < -0.39 is 47.8 Å². The van der Waals surface area contributed by atoms with Crippen molar-refractivity contribution in [3.8, 4) is 0 Å². The summed E-state index contributed by atoms with van der Waals surface area (Å²) in [6.07, 6.45) is -6.45. The van der Waals surface area contributed by atoms with Crippen LogP contribution in [0.3, 0.4) is 0 Å². The summed E-state index contributed by atoms with van der Waals surface area (Å²) in [5.74, 6) is 0. The number of rotatable bonds is 13. The number of aliphatic hydroxyl groups excluding tert-OH is 2. The Morgan fingerprint density at radius 1 is 0.650 bits per heavy atom. The lowest BCUT2D eigenvalue weighted by atomic mass is 10.0. The molecule has 0 spiro atoms. The number of carbonyl (C=O) groups is 2. The molecule has 0 aliphatic heterocycles. The highest BCUT2D eigenvalue weighted by Crippen LogP contribution is 2.16. The molecule has 40 heavy (non-hydrogen) atoms. The minimum Gasteiger partial charge on any atom is -0.444 e. The van der Waals surface area contributed by atoms with Crippen LogP contribution in [0, 0.1) is 0 Å². The first-order chi connectivity index (χ1) is 18.7. The molecule has 0 bridgehead atoms. The Morgan fingerprint density at radius 2 is 0.975 bits per heavy atom. The van der Waals surface area contributed by atoms with E-state index in [-0.39, 0.29) is 26.3 Å². The maximum Gasteiger partial charge on any atom is 0.407 e. The third-order valence-corrected chi connectivity index (χ3v) is 5.42. The quantitative estimate of drug-likeness (QED) is 0.289. The van der Waals surface area contributed by atoms with Crippen LogP contribution in [0.4, 0.5) is 9.59 Å². The van der Waals surface area contributed by atoms with Gasteiger partial charge in [0.1, 0.15) is 35.6 Å². The number of ether oxygens (including phenoxy) is 4. The number of aliphatic hydroxyl groups is 2. The Bertz CT molecular complexity index is 938. The third-order valence-electron chi connectivity index (χ3n) is 5.42. The molecule has 0 radical (unpaired) electrons. The Hall–Kier alpha value is -3.18. The number of benzene rings is 2. The number of hydrogen-bond donors (Lipinski definition) is 4. The van der Waals surface area contributed by atoms with Crippen LogP contribution in [0.5, 0.6) is 0 Å². The van der Waals surface area contributed by atoms with Crippen molar-refractivity contribution in [1.82, 2.24) is 10.6 Å². The van der Waals surface area contributed by atoms with Gasteiger partial charge in [-0.1, -0.05) is 60.7 Å². The van der Waals surface area contributed by atoms with Gasteiger partial charge in [0.05, 0.1) is 13.2 Å². The van der Waals surface area contributed by atoms with E-state index in [1.807, 2.05) is 60.7 Å². The average Bonchev–Trinajstić information content (AvgIpc) is 2.87. The number of nitrogens with one attached hydrogen (secondary N) is 2. The van der Waals surface area contributed by atoms with Crippen molar-refractivity contribution in [1.29, 1.82) is 0 Å². The molecule has 2 rings (SSSR count). The fourth-order valence-electron chi connectivity index (χ4n) is 3.55. The van der Waals surface area contributed by atoms with Crippen LogP contribution in [0.15, 0.2) is 60.7 Å². The largest absolute Gasteiger partial charge is 0.444 e. The SMILES string of the molecule is CC(C)(C)OC(=O)NC[C@@H](OCc1ccccc1)[C@H](O)[C@H](O)[C@@H](CNC(=O)OC(C)(C)C)OCc1ccccc1. The van der Waals surface area contributed by atoms with Gasteiger partial charge in [-0.3, -0.25) is 0 Å². The molecule has 0 saturated carbocycles. The highest BCUT2D eigenvalue weighted by Gasteiger charge is 2.35. The van der Waals surface area contributed by atoms with Gasteiger partial charge < -0.3 is 39.8 Å². The molecule has 10 nitrogen and oxygen atoms in total. The van der Waals surface area contributed by atoms with Crippen LogP contribution >= 0.6 is 0 Å². The van der Waals surface area contributed by atoms with E-state index in [0.717, 1.165) is 11.1 Å². The van der Waals surface area contributed by atoms with Gasteiger partial charge in [-0.2, -0.15) is 0 Å². The van der Waals surface area contributed by atoms with E-state index in [1.165, 1.54) is 0 Å². The van der Waals surface area contributed by atoms with Gasteiger partial charge in [0.2, 0.25) is 0 Å². The van der Waals surface area contributed by atoms with E-state index in [4.69, 9.17) is 18.9 Å². The Labute approximate surface area is 237 Å². The minimum absolute atomic E-state index is 0.122. The molecule has 0 unspecified atom stereocenters. The van der Waals surface area contributed by atoms with Crippen molar-refractivity contribution >= 4 is 12.2 Å². The molecule has 0 saturated heterocycles. The number of alkyl carbamates (subject to hydrolysis) is 2. The normalized spacial score (nSPS) is 14.9. The van der Waals surface area contributed by atoms with Crippen LogP contribution < -0.4 is 10.6 Å². The highest BCUT2D eigenvalue weighted by molar-refractivity contribution is 5.68. The molecule has 2 aromatic carbocycles. The zero-order chi connectivity index (χ0) is 29.8. The predicted molar refractivity (Wildman–Crippen MR) is 151 cm³/mol. The van der Waals surface area contributed by atoms with Gasteiger partial charge in [0, 0.05) is 13.1 Å². The van der Waals surface area contributed by atoms with Crippen molar-refractivity contribution < 1.29 is 38.7 Å². The van der Waals surface area contributed by atoms with Gasteiger partial charge in [0.25, 0.3) is 0 Å². The van der Waals surface area contributed by atoms with Crippen LogP contribution in [0.1, 0.15) is 52.7 Å². The fourth-order valence-corrected chi connectivity index (χ4v) is 3.55. The predicted octanol–water partition coefficient (Wildman–Crippen LogP) is 3.93. The summed E-state index contributed by atoms with van der Waals surface area (Å²) < 4.78 is 22.5. The Kier molecular flexibility index (Phi) is 12.9. The van der Waals surface area contributed by atoms with Crippen molar-refractivity contribution in [2.24, 2.45) is 0 Å². The average molecular weight is 561 g/mol. The summed E-state index contributed by atoms with van der Waals surface area (Å²) in [4.78, 5) is 24.6. The van der Waals surface area contributed by atoms with E-state index in [2.05, 4.69) is 10.6 Å². The molecule has 0 heterocycles. The molecule has 4 N–H and O–H groups in total. The molecule has 222 valence electrons. The molecule has 0 aromatic heterocycles. The second-order valence-corrected chi connectivity index (χ2v) is 11.4. The summed E-state index contributed by atoms with van der Waals surface area (Å²) >= 11 is 0. The lowest BCUT2D eigenvalue weighted by molar-refractivity contribution is -0.141. The van der Waals surface area contributed by atoms with E-state index >= 15 is 0 Å². The first kappa shape index (κ1) is 33.0. The third kappa shape index (κ3) is 13.3. The summed E-state index contributed by atoms with van der Waals surface area (Å²) in [5.41, 5.74) is 0.253.